The first-order valence-electron chi connectivity index (χ1n) is 14.8. The Morgan fingerprint density at radius 3 is 1.31 bits per heavy atom. The van der Waals surface area contributed by atoms with Crippen LogP contribution in [0, 0.1) is 0 Å². The van der Waals surface area contributed by atoms with Crippen molar-refractivity contribution in [2.75, 3.05) is 64.9 Å². The fraction of sp³-hybridized carbons (Fsp3) is 0.966. The van der Waals surface area contributed by atoms with E-state index in [1.165, 1.54) is 101 Å². The van der Waals surface area contributed by atoms with E-state index in [0.29, 0.717) is 46.1 Å². The van der Waals surface area contributed by atoms with Crippen LogP contribution >= 0.6 is 11.8 Å². The van der Waals surface area contributed by atoms with Crippen LogP contribution < -0.4 is 0 Å². The zero-order valence-corrected chi connectivity index (χ0v) is 24.3. The highest BCUT2D eigenvalue weighted by atomic mass is 32.2. The van der Waals surface area contributed by atoms with Gasteiger partial charge < -0.3 is 24.1 Å². The minimum Gasteiger partial charge on any atom is -0.481 e. The van der Waals surface area contributed by atoms with Crippen LogP contribution in [0.15, 0.2) is 0 Å². The molecule has 0 aliphatic carbocycles. The lowest BCUT2D eigenvalue weighted by Gasteiger charge is -2.07. The second-order valence-electron chi connectivity index (χ2n) is 9.60. The maximum absolute atomic E-state index is 10.4. The number of carboxylic acid groups (broad SMARTS) is 1. The normalized spacial score (nSPS) is 11.4. The van der Waals surface area contributed by atoms with Crippen molar-refractivity contribution in [3.05, 3.63) is 0 Å². The molecule has 0 aromatic heterocycles. The third kappa shape index (κ3) is 33.7. The molecule has 7 heteroatoms. The van der Waals surface area contributed by atoms with Gasteiger partial charge in [-0.15, -0.1) is 0 Å². The highest BCUT2D eigenvalue weighted by Gasteiger charge is 1.98. The molecule has 0 unspecified atom stereocenters. The second kappa shape index (κ2) is 32.7. The molecule has 1 N–H and O–H groups in total. The topological polar surface area (TPSA) is 74.2 Å². The maximum Gasteiger partial charge on any atom is 0.303 e. The Kier molecular flexibility index (Phi) is 32.4. The molecule has 0 saturated heterocycles. The van der Waals surface area contributed by atoms with Gasteiger partial charge in [0.1, 0.15) is 0 Å². The fourth-order valence-electron chi connectivity index (χ4n) is 3.97. The molecule has 0 spiro atoms. The standard InChI is InChI=1S/C29H58O6S/c1-32-21-22-34-25-26-35-24-23-33-20-16-12-8-4-2-5-9-13-17-27-36-28-18-14-10-6-3-7-11-15-19-29(30)31/h2-28H2,1H3,(H,30,31). The predicted octanol–water partition coefficient (Wildman–Crippen LogP) is 7.52. The molecule has 0 aromatic rings. The van der Waals surface area contributed by atoms with E-state index in [-0.39, 0.29) is 0 Å². The van der Waals surface area contributed by atoms with Gasteiger partial charge >= 0.3 is 5.97 Å². The summed E-state index contributed by atoms with van der Waals surface area (Å²) in [5.74, 6) is 1.99. The number of rotatable bonds is 32. The van der Waals surface area contributed by atoms with Crippen molar-refractivity contribution in [2.45, 2.75) is 116 Å². The summed E-state index contributed by atoms with van der Waals surface area (Å²) in [6.07, 6.45) is 22.1. The van der Waals surface area contributed by atoms with E-state index >= 15 is 0 Å². The summed E-state index contributed by atoms with van der Waals surface area (Å²) < 4.78 is 21.3. The molecule has 216 valence electrons. The molecule has 0 amide bonds. The third-order valence-corrected chi connectivity index (χ3v) is 7.34. The number of aliphatic carboxylic acids is 1. The summed E-state index contributed by atoms with van der Waals surface area (Å²) in [5.41, 5.74) is 0. The van der Waals surface area contributed by atoms with Gasteiger partial charge in [-0.05, 0) is 37.2 Å². The first kappa shape index (κ1) is 35.7. The molecule has 0 radical (unpaired) electrons. The number of carbonyl (C=O) groups is 1. The number of hydrogen-bond donors (Lipinski definition) is 1. The average Bonchev–Trinajstić information content (AvgIpc) is 2.87. The summed E-state index contributed by atoms with van der Waals surface area (Å²) >= 11 is 2.14. The van der Waals surface area contributed by atoms with Crippen molar-refractivity contribution in [2.24, 2.45) is 0 Å². The molecule has 0 saturated carbocycles. The Labute approximate surface area is 226 Å². The van der Waals surface area contributed by atoms with E-state index in [1.54, 1.807) is 7.11 Å². The Hall–Kier alpha value is -0.340. The van der Waals surface area contributed by atoms with Crippen LogP contribution in [0.2, 0.25) is 0 Å². The molecule has 0 atom stereocenters. The van der Waals surface area contributed by atoms with E-state index in [4.69, 9.17) is 24.1 Å². The molecule has 0 aliphatic rings. The van der Waals surface area contributed by atoms with Crippen LogP contribution in [0.3, 0.4) is 0 Å². The molecule has 0 bridgehead atoms. The summed E-state index contributed by atoms with van der Waals surface area (Å²) in [6.45, 7) is 4.66. The van der Waals surface area contributed by atoms with Gasteiger partial charge in [-0.1, -0.05) is 83.5 Å². The first-order valence-corrected chi connectivity index (χ1v) is 15.9. The summed E-state index contributed by atoms with van der Waals surface area (Å²) in [4.78, 5) is 10.4. The molecule has 0 fully saturated rings. The lowest BCUT2D eigenvalue weighted by atomic mass is 10.1. The van der Waals surface area contributed by atoms with Gasteiger partial charge in [-0.25, -0.2) is 0 Å². The lowest BCUT2D eigenvalue weighted by molar-refractivity contribution is -0.137. The molecule has 36 heavy (non-hydrogen) atoms. The summed E-state index contributed by atoms with van der Waals surface area (Å²) in [7, 11) is 1.67. The van der Waals surface area contributed by atoms with Gasteiger partial charge in [-0.3, -0.25) is 4.79 Å². The third-order valence-electron chi connectivity index (χ3n) is 6.18. The minimum atomic E-state index is -0.660. The highest BCUT2D eigenvalue weighted by Crippen LogP contribution is 2.15. The summed E-state index contributed by atoms with van der Waals surface area (Å²) in [6, 6.07) is 0. The van der Waals surface area contributed by atoms with Gasteiger partial charge in [0, 0.05) is 20.1 Å². The summed E-state index contributed by atoms with van der Waals surface area (Å²) in [5, 5.41) is 8.61. The van der Waals surface area contributed by atoms with E-state index in [0.717, 1.165) is 25.9 Å². The molecule has 0 heterocycles. The number of unbranched alkanes of at least 4 members (excludes halogenated alkanes) is 15. The largest absolute Gasteiger partial charge is 0.481 e. The van der Waals surface area contributed by atoms with Gasteiger partial charge in [0.2, 0.25) is 0 Å². The van der Waals surface area contributed by atoms with Crippen LogP contribution in [-0.2, 0) is 23.7 Å². The van der Waals surface area contributed by atoms with Crippen LogP contribution in [0.25, 0.3) is 0 Å². The number of methoxy groups -OCH3 is 1. The number of carboxylic acids is 1. The van der Waals surface area contributed by atoms with Crippen LogP contribution in [-0.4, -0.2) is 75.9 Å². The van der Waals surface area contributed by atoms with Crippen molar-refractivity contribution >= 4 is 17.7 Å². The van der Waals surface area contributed by atoms with Crippen molar-refractivity contribution in [1.29, 1.82) is 0 Å². The molecular formula is C29H58O6S. The number of hydrogen-bond acceptors (Lipinski definition) is 6. The van der Waals surface area contributed by atoms with Gasteiger partial charge in [0.15, 0.2) is 0 Å². The van der Waals surface area contributed by atoms with Crippen molar-refractivity contribution in [1.82, 2.24) is 0 Å². The van der Waals surface area contributed by atoms with Crippen LogP contribution in [0.5, 0.6) is 0 Å². The van der Waals surface area contributed by atoms with Crippen LogP contribution in [0.4, 0.5) is 0 Å². The molecule has 0 aromatic carbocycles. The van der Waals surface area contributed by atoms with E-state index in [9.17, 15) is 4.79 Å². The zero-order chi connectivity index (χ0) is 26.2. The number of thioether (sulfide) groups is 1. The number of ether oxygens (including phenoxy) is 4. The van der Waals surface area contributed by atoms with Crippen molar-refractivity contribution < 1.29 is 28.8 Å². The highest BCUT2D eigenvalue weighted by molar-refractivity contribution is 7.99. The Morgan fingerprint density at radius 2 is 0.861 bits per heavy atom. The van der Waals surface area contributed by atoms with E-state index in [2.05, 4.69) is 11.8 Å². The Balaban J connectivity index is 3.02. The Morgan fingerprint density at radius 1 is 0.500 bits per heavy atom. The monoisotopic (exact) mass is 534 g/mol. The van der Waals surface area contributed by atoms with E-state index in [1.807, 2.05) is 0 Å². The average molecular weight is 535 g/mol. The molecule has 0 aliphatic heterocycles. The van der Waals surface area contributed by atoms with Crippen LogP contribution in [0.1, 0.15) is 116 Å². The fourth-order valence-corrected chi connectivity index (χ4v) is 4.99. The lowest BCUT2D eigenvalue weighted by Crippen LogP contribution is -2.11. The van der Waals surface area contributed by atoms with E-state index < -0.39 is 5.97 Å². The smallest absolute Gasteiger partial charge is 0.303 e. The first-order chi connectivity index (χ1) is 17.8. The SMILES string of the molecule is COCCOCCOCCOCCCCCCCCCCCSCCCCCCCCCCC(=O)O. The molecular weight excluding hydrogens is 476 g/mol. The second-order valence-corrected chi connectivity index (χ2v) is 10.8. The van der Waals surface area contributed by atoms with Crippen molar-refractivity contribution in [3.63, 3.8) is 0 Å². The quantitative estimate of drug-likeness (QED) is 0.0894. The van der Waals surface area contributed by atoms with Gasteiger partial charge in [0.05, 0.1) is 39.6 Å². The van der Waals surface area contributed by atoms with Gasteiger partial charge in [-0.2, -0.15) is 11.8 Å². The maximum atomic E-state index is 10.4. The zero-order valence-electron chi connectivity index (χ0n) is 23.5. The van der Waals surface area contributed by atoms with Crippen molar-refractivity contribution in [3.8, 4) is 0 Å². The van der Waals surface area contributed by atoms with Gasteiger partial charge in [0.25, 0.3) is 0 Å². The molecule has 0 rings (SSSR count). The predicted molar refractivity (Wildman–Crippen MR) is 152 cm³/mol. The molecule has 6 nitrogen and oxygen atoms in total. The minimum absolute atomic E-state index is 0.333. The Bertz CT molecular complexity index is 425.